The number of hydrogen-bond donors (Lipinski definition) is 1. The summed E-state index contributed by atoms with van der Waals surface area (Å²) in [6, 6.07) is -0.178. The van der Waals surface area contributed by atoms with Crippen molar-refractivity contribution in [1.29, 1.82) is 0 Å². The maximum Gasteiger partial charge on any atom is 0.217 e. The lowest BCUT2D eigenvalue weighted by atomic mass is 9.98. The quantitative estimate of drug-likeness (QED) is 0.776. The largest absolute Gasteiger partial charge is 0.382 e. The van der Waals surface area contributed by atoms with E-state index in [-0.39, 0.29) is 30.3 Å². The van der Waals surface area contributed by atoms with Gasteiger partial charge in [0, 0.05) is 14.0 Å². The zero-order valence-corrected chi connectivity index (χ0v) is 11.3. The van der Waals surface area contributed by atoms with Gasteiger partial charge in [-0.25, -0.2) is 0 Å². The number of rotatable bonds is 3. The lowest BCUT2D eigenvalue weighted by molar-refractivity contribution is -0.158. The number of ether oxygens (including phenoxy) is 4. The maximum atomic E-state index is 11.2. The molecule has 18 heavy (non-hydrogen) atoms. The molecule has 2 aliphatic rings. The topological polar surface area (TPSA) is 66.0 Å². The standard InChI is InChI=1S/C12H21NO5/c1-7(14)13-8-5-16-9(6-15-4)11-10(8)17-12(2,3)18-11/h8-11H,5-6H2,1-4H3,(H,13,14)/t8-,9+,10+,11-/m0/s1. The second-order valence-corrected chi connectivity index (χ2v) is 5.20. The van der Waals surface area contributed by atoms with Crippen LogP contribution in [-0.2, 0) is 23.7 Å². The number of carbonyl (C=O) groups is 1. The van der Waals surface area contributed by atoms with Gasteiger partial charge in [-0.2, -0.15) is 0 Å². The first-order chi connectivity index (χ1) is 8.43. The lowest BCUT2D eigenvalue weighted by Gasteiger charge is -2.36. The van der Waals surface area contributed by atoms with Crippen LogP contribution < -0.4 is 5.32 Å². The molecule has 2 aliphatic heterocycles. The normalized spacial score (nSPS) is 38.2. The molecule has 1 amide bonds. The highest BCUT2D eigenvalue weighted by Gasteiger charge is 2.52. The van der Waals surface area contributed by atoms with Gasteiger partial charge >= 0.3 is 0 Å². The SMILES string of the molecule is COC[C@H]1OC[C@H](NC(C)=O)[C@H]2OC(C)(C)O[C@H]21. The van der Waals surface area contributed by atoms with E-state index in [4.69, 9.17) is 18.9 Å². The van der Waals surface area contributed by atoms with Crippen molar-refractivity contribution in [2.45, 2.75) is 50.9 Å². The fraction of sp³-hybridized carbons (Fsp3) is 0.917. The van der Waals surface area contributed by atoms with Crippen molar-refractivity contribution < 1.29 is 23.7 Å². The first-order valence-electron chi connectivity index (χ1n) is 6.16. The second kappa shape index (κ2) is 5.13. The fourth-order valence-electron chi connectivity index (χ4n) is 2.52. The smallest absolute Gasteiger partial charge is 0.217 e. The minimum atomic E-state index is -0.661. The van der Waals surface area contributed by atoms with E-state index < -0.39 is 5.79 Å². The van der Waals surface area contributed by atoms with Crippen LogP contribution in [0.3, 0.4) is 0 Å². The third kappa shape index (κ3) is 2.83. The van der Waals surface area contributed by atoms with Gasteiger partial charge < -0.3 is 24.3 Å². The molecule has 0 unspecified atom stereocenters. The zero-order chi connectivity index (χ0) is 13.3. The van der Waals surface area contributed by atoms with Gasteiger partial charge in [-0.05, 0) is 13.8 Å². The van der Waals surface area contributed by atoms with Crippen LogP contribution in [-0.4, -0.2) is 56.4 Å². The van der Waals surface area contributed by atoms with Gasteiger partial charge in [-0.15, -0.1) is 0 Å². The number of amides is 1. The van der Waals surface area contributed by atoms with E-state index in [1.54, 1.807) is 7.11 Å². The van der Waals surface area contributed by atoms with Crippen molar-refractivity contribution in [3.8, 4) is 0 Å². The molecular formula is C12H21NO5. The molecule has 0 aliphatic carbocycles. The van der Waals surface area contributed by atoms with Gasteiger partial charge in [-0.3, -0.25) is 4.79 Å². The number of hydrogen-bond acceptors (Lipinski definition) is 5. The van der Waals surface area contributed by atoms with Gasteiger partial charge in [0.05, 0.1) is 19.3 Å². The van der Waals surface area contributed by atoms with Crippen LogP contribution in [0.15, 0.2) is 0 Å². The molecule has 2 rings (SSSR count). The number of fused-ring (bicyclic) bond motifs is 1. The molecule has 0 aromatic heterocycles. The Kier molecular flexibility index (Phi) is 3.91. The molecule has 6 nitrogen and oxygen atoms in total. The second-order valence-electron chi connectivity index (χ2n) is 5.20. The van der Waals surface area contributed by atoms with Crippen molar-refractivity contribution >= 4 is 5.91 Å². The Morgan fingerprint density at radius 3 is 2.67 bits per heavy atom. The zero-order valence-electron chi connectivity index (χ0n) is 11.3. The Hall–Kier alpha value is -0.690. The first-order valence-corrected chi connectivity index (χ1v) is 6.16. The van der Waals surface area contributed by atoms with Gasteiger partial charge in [0.15, 0.2) is 5.79 Å². The number of methoxy groups -OCH3 is 1. The highest BCUT2D eigenvalue weighted by atomic mass is 16.8. The van der Waals surface area contributed by atoms with Crippen molar-refractivity contribution in [3.63, 3.8) is 0 Å². The molecule has 0 aromatic rings. The van der Waals surface area contributed by atoms with E-state index in [0.717, 1.165) is 0 Å². The van der Waals surface area contributed by atoms with Gasteiger partial charge in [0.1, 0.15) is 18.3 Å². The molecule has 0 bridgehead atoms. The van der Waals surface area contributed by atoms with Gasteiger partial charge in [-0.1, -0.05) is 0 Å². The molecule has 4 atom stereocenters. The van der Waals surface area contributed by atoms with Gasteiger partial charge in [0.2, 0.25) is 5.91 Å². The predicted molar refractivity (Wildman–Crippen MR) is 63.0 cm³/mol. The van der Waals surface area contributed by atoms with Crippen LogP contribution in [0.5, 0.6) is 0 Å². The van der Waals surface area contributed by atoms with Crippen LogP contribution in [0.1, 0.15) is 20.8 Å². The van der Waals surface area contributed by atoms with E-state index in [1.807, 2.05) is 13.8 Å². The molecule has 2 fully saturated rings. The first kappa shape index (κ1) is 13.7. The molecule has 0 saturated carbocycles. The van der Waals surface area contributed by atoms with Crippen LogP contribution in [0, 0.1) is 0 Å². The minimum Gasteiger partial charge on any atom is -0.382 e. The Morgan fingerprint density at radius 2 is 2.06 bits per heavy atom. The summed E-state index contributed by atoms with van der Waals surface area (Å²) in [5.41, 5.74) is 0. The van der Waals surface area contributed by atoms with E-state index in [1.165, 1.54) is 6.92 Å². The molecule has 2 heterocycles. The Morgan fingerprint density at radius 1 is 1.39 bits per heavy atom. The maximum absolute atomic E-state index is 11.2. The molecule has 2 saturated heterocycles. The lowest BCUT2D eigenvalue weighted by Crippen LogP contribution is -2.58. The van der Waals surface area contributed by atoms with E-state index in [0.29, 0.717) is 13.2 Å². The number of carbonyl (C=O) groups excluding carboxylic acids is 1. The Labute approximate surface area is 107 Å². The molecule has 6 heteroatoms. The Balaban J connectivity index is 2.10. The molecule has 1 N–H and O–H groups in total. The molecular weight excluding hydrogens is 238 g/mol. The van der Waals surface area contributed by atoms with Crippen molar-refractivity contribution in [1.82, 2.24) is 5.32 Å². The summed E-state index contributed by atoms with van der Waals surface area (Å²) in [5, 5.41) is 2.84. The molecule has 0 aromatic carbocycles. The molecule has 104 valence electrons. The summed E-state index contributed by atoms with van der Waals surface area (Å²) in [6.07, 6.45) is -0.574. The average molecular weight is 259 g/mol. The van der Waals surface area contributed by atoms with Crippen LogP contribution in [0.2, 0.25) is 0 Å². The van der Waals surface area contributed by atoms with Crippen molar-refractivity contribution in [3.05, 3.63) is 0 Å². The van der Waals surface area contributed by atoms with Crippen LogP contribution in [0.25, 0.3) is 0 Å². The van der Waals surface area contributed by atoms with Crippen molar-refractivity contribution in [2.24, 2.45) is 0 Å². The molecule has 0 spiro atoms. The highest BCUT2D eigenvalue weighted by molar-refractivity contribution is 5.73. The summed E-state index contributed by atoms with van der Waals surface area (Å²) in [7, 11) is 1.62. The monoisotopic (exact) mass is 259 g/mol. The summed E-state index contributed by atoms with van der Waals surface area (Å²) in [5.74, 6) is -0.757. The highest BCUT2D eigenvalue weighted by Crippen LogP contribution is 2.35. The van der Waals surface area contributed by atoms with Crippen LogP contribution >= 0.6 is 0 Å². The van der Waals surface area contributed by atoms with E-state index >= 15 is 0 Å². The third-order valence-electron chi connectivity index (χ3n) is 3.14. The van der Waals surface area contributed by atoms with E-state index in [9.17, 15) is 4.79 Å². The minimum absolute atomic E-state index is 0.0964. The summed E-state index contributed by atoms with van der Waals surface area (Å²) in [4.78, 5) is 11.2. The fourth-order valence-corrected chi connectivity index (χ4v) is 2.52. The Bertz CT molecular complexity index is 320. The number of nitrogens with one attached hydrogen (secondary N) is 1. The summed E-state index contributed by atoms with van der Waals surface area (Å²) >= 11 is 0. The van der Waals surface area contributed by atoms with E-state index in [2.05, 4.69) is 5.32 Å². The average Bonchev–Trinajstić information content (AvgIpc) is 2.57. The van der Waals surface area contributed by atoms with Crippen molar-refractivity contribution in [2.75, 3.05) is 20.3 Å². The molecule has 0 radical (unpaired) electrons. The van der Waals surface area contributed by atoms with Crippen LogP contribution in [0.4, 0.5) is 0 Å². The third-order valence-corrected chi connectivity index (χ3v) is 3.14. The summed E-state index contributed by atoms with van der Waals surface area (Å²) in [6.45, 7) is 6.07. The predicted octanol–water partition coefficient (Wildman–Crippen LogP) is 0.0564. The van der Waals surface area contributed by atoms with Gasteiger partial charge in [0.25, 0.3) is 0 Å². The summed E-state index contributed by atoms with van der Waals surface area (Å²) < 4.78 is 22.5.